The Morgan fingerprint density at radius 2 is 1.81 bits per heavy atom. The lowest BCUT2D eigenvalue weighted by molar-refractivity contribution is 0.0940. The van der Waals surface area contributed by atoms with Gasteiger partial charge < -0.3 is 11.1 Å². The molecule has 2 aromatic rings. The monoisotopic (exact) mass is 282 g/mol. The van der Waals surface area contributed by atoms with Gasteiger partial charge in [-0.1, -0.05) is 42.5 Å². The van der Waals surface area contributed by atoms with Crippen molar-refractivity contribution < 1.29 is 4.79 Å². The SMILES string of the molecule is CC(Cc1ccccc1)NC(=O)c1cccc(CCN)c1. The molecule has 0 aromatic heterocycles. The summed E-state index contributed by atoms with van der Waals surface area (Å²) < 4.78 is 0. The summed E-state index contributed by atoms with van der Waals surface area (Å²) in [6.45, 7) is 2.62. The summed E-state index contributed by atoms with van der Waals surface area (Å²) in [6.07, 6.45) is 1.62. The van der Waals surface area contributed by atoms with Crippen molar-refractivity contribution in [3.8, 4) is 0 Å². The maximum atomic E-state index is 12.3. The van der Waals surface area contributed by atoms with Crippen LogP contribution in [0.2, 0.25) is 0 Å². The van der Waals surface area contributed by atoms with E-state index >= 15 is 0 Å². The van der Waals surface area contributed by atoms with E-state index in [1.165, 1.54) is 5.56 Å². The second-order valence-electron chi connectivity index (χ2n) is 5.30. The fourth-order valence-corrected chi connectivity index (χ4v) is 2.36. The fourth-order valence-electron chi connectivity index (χ4n) is 2.36. The highest BCUT2D eigenvalue weighted by atomic mass is 16.1. The van der Waals surface area contributed by atoms with Crippen LogP contribution in [-0.2, 0) is 12.8 Å². The highest BCUT2D eigenvalue weighted by molar-refractivity contribution is 5.94. The van der Waals surface area contributed by atoms with Crippen LogP contribution in [0, 0.1) is 0 Å². The van der Waals surface area contributed by atoms with E-state index in [2.05, 4.69) is 17.4 Å². The molecular formula is C18H22N2O. The number of carbonyl (C=O) groups is 1. The van der Waals surface area contributed by atoms with E-state index < -0.39 is 0 Å². The molecule has 0 bridgehead atoms. The van der Waals surface area contributed by atoms with Gasteiger partial charge in [-0.25, -0.2) is 0 Å². The first-order valence-corrected chi connectivity index (χ1v) is 7.33. The topological polar surface area (TPSA) is 55.1 Å². The first kappa shape index (κ1) is 15.3. The predicted octanol–water partition coefficient (Wildman–Crippen LogP) is 2.55. The first-order valence-electron chi connectivity index (χ1n) is 7.33. The number of hydrogen-bond acceptors (Lipinski definition) is 2. The number of amides is 1. The predicted molar refractivity (Wildman–Crippen MR) is 86.3 cm³/mol. The molecule has 0 saturated heterocycles. The molecule has 1 amide bonds. The van der Waals surface area contributed by atoms with Gasteiger partial charge in [-0.05, 0) is 49.6 Å². The molecule has 2 aromatic carbocycles. The van der Waals surface area contributed by atoms with Crippen LogP contribution in [0.5, 0.6) is 0 Å². The van der Waals surface area contributed by atoms with Crippen molar-refractivity contribution in [1.29, 1.82) is 0 Å². The molecule has 110 valence electrons. The third-order valence-electron chi connectivity index (χ3n) is 3.38. The Morgan fingerprint density at radius 3 is 2.52 bits per heavy atom. The lowest BCUT2D eigenvalue weighted by Gasteiger charge is -2.14. The quantitative estimate of drug-likeness (QED) is 0.855. The van der Waals surface area contributed by atoms with Crippen molar-refractivity contribution in [2.45, 2.75) is 25.8 Å². The average molecular weight is 282 g/mol. The van der Waals surface area contributed by atoms with Gasteiger partial charge in [0.25, 0.3) is 5.91 Å². The van der Waals surface area contributed by atoms with Gasteiger partial charge in [-0.2, -0.15) is 0 Å². The second-order valence-corrected chi connectivity index (χ2v) is 5.30. The average Bonchev–Trinajstić information content (AvgIpc) is 2.48. The number of hydrogen-bond donors (Lipinski definition) is 2. The molecular weight excluding hydrogens is 260 g/mol. The molecule has 0 saturated carbocycles. The molecule has 0 fully saturated rings. The number of nitrogens with two attached hydrogens (primary N) is 1. The van der Waals surface area contributed by atoms with Gasteiger partial charge >= 0.3 is 0 Å². The molecule has 3 heteroatoms. The Kier molecular flexibility index (Phi) is 5.52. The van der Waals surface area contributed by atoms with Crippen LogP contribution in [-0.4, -0.2) is 18.5 Å². The molecule has 21 heavy (non-hydrogen) atoms. The summed E-state index contributed by atoms with van der Waals surface area (Å²) in [6, 6.07) is 17.9. The van der Waals surface area contributed by atoms with Crippen molar-refractivity contribution in [2.75, 3.05) is 6.54 Å². The fraction of sp³-hybridized carbons (Fsp3) is 0.278. The van der Waals surface area contributed by atoms with Gasteiger partial charge in [0.1, 0.15) is 0 Å². The summed E-state index contributed by atoms with van der Waals surface area (Å²) in [5.74, 6) is -0.0303. The zero-order chi connectivity index (χ0) is 15.1. The number of carbonyl (C=O) groups excluding carboxylic acids is 1. The lowest BCUT2D eigenvalue weighted by Crippen LogP contribution is -2.34. The van der Waals surface area contributed by atoms with E-state index in [9.17, 15) is 4.79 Å². The Labute approximate surface area is 126 Å². The molecule has 0 spiro atoms. The molecule has 3 N–H and O–H groups in total. The normalized spacial score (nSPS) is 11.9. The number of rotatable bonds is 6. The minimum atomic E-state index is -0.0303. The third kappa shape index (κ3) is 4.72. The molecule has 0 aliphatic carbocycles. The van der Waals surface area contributed by atoms with Crippen LogP contribution < -0.4 is 11.1 Å². The van der Waals surface area contributed by atoms with Crippen LogP contribution in [0.25, 0.3) is 0 Å². The van der Waals surface area contributed by atoms with Gasteiger partial charge in [0.05, 0.1) is 0 Å². The van der Waals surface area contributed by atoms with Crippen LogP contribution >= 0.6 is 0 Å². The third-order valence-corrected chi connectivity index (χ3v) is 3.38. The largest absolute Gasteiger partial charge is 0.349 e. The minimum Gasteiger partial charge on any atom is -0.349 e. The lowest BCUT2D eigenvalue weighted by atomic mass is 10.1. The van der Waals surface area contributed by atoms with Crippen molar-refractivity contribution >= 4 is 5.91 Å². The highest BCUT2D eigenvalue weighted by Gasteiger charge is 2.10. The van der Waals surface area contributed by atoms with Gasteiger partial charge in [-0.15, -0.1) is 0 Å². The Hall–Kier alpha value is -2.13. The first-order chi connectivity index (χ1) is 10.2. The van der Waals surface area contributed by atoms with E-state index in [0.717, 1.165) is 18.4 Å². The van der Waals surface area contributed by atoms with E-state index in [0.29, 0.717) is 12.1 Å². The van der Waals surface area contributed by atoms with Gasteiger partial charge in [0, 0.05) is 11.6 Å². The molecule has 0 aliphatic heterocycles. The maximum absolute atomic E-state index is 12.3. The number of benzene rings is 2. The summed E-state index contributed by atoms with van der Waals surface area (Å²) in [5.41, 5.74) is 8.57. The van der Waals surface area contributed by atoms with Crippen LogP contribution in [0.1, 0.15) is 28.4 Å². The zero-order valence-corrected chi connectivity index (χ0v) is 12.4. The molecule has 0 radical (unpaired) electrons. The maximum Gasteiger partial charge on any atom is 0.251 e. The molecule has 1 atom stereocenters. The Bertz CT molecular complexity index is 581. The van der Waals surface area contributed by atoms with E-state index in [1.807, 2.05) is 49.4 Å². The van der Waals surface area contributed by atoms with Crippen LogP contribution in [0.4, 0.5) is 0 Å². The molecule has 3 nitrogen and oxygen atoms in total. The Balaban J connectivity index is 1.96. The summed E-state index contributed by atoms with van der Waals surface area (Å²) in [4.78, 5) is 12.3. The summed E-state index contributed by atoms with van der Waals surface area (Å²) in [7, 11) is 0. The van der Waals surface area contributed by atoms with E-state index in [1.54, 1.807) is 0 Å². The van der Waals surface area contributed by atoms with Crippen molar-refractivity contribution in [3.05, 3.63) is 71.3 Å². The molecule has 0 aliphatic rings. The van der Waals surface area contributed by atoms with Gasteiger partial charge in [0.15, 0.2) is 0 Å². The van der Waals surface area contributed by atoms with Crippen LogP contribution in [0.3, 0.4) is 0 Å². The Morgan fingerprint density at radius 1 is 1.10 bits per heavy atom. The second kappa shape index (κ2) is 7.60. The van der Waals surface area contributed by atoms with Crippen molar-refractivity contribution in [2.24, 2.45) is 5.73 Å². The van der Waals surface area contributed by atoms with Gasteiger partial charge in [-0.3, -0.25) is 4.79 Å². The molecule has 1 unspecified atom stereocenters. The molecule has 2 rings (SSSR count). The van der Waals surface area contributed by atoms with Crippen molar-refractivity contribution in [1.82, 2.24) is 5.32 Å². The van der Waals surface area contributed by atoms with Crippen molar-refractivity contribution in [3.63, 3.8) is 0 Å². The zero-order valence-electron chi connectivity index (χ0n) is 12.4. The highest BCUT2D eigenvalue weighted by Crippen LogP contribution is 2.07. The smallest absolute Gasteiger partial charge is 0.251 e. The van der Waals surface area contributed by atoms with Crippen LogP contribution in [0.15, 0.2) is 54.6 Å². The van der Waals surface area contributed by atoms with E-state index in [4.69, 9.17) is 5.73 Å². The molecule has 0 heterocycles. The number of nitrogens with one attached hydrogen (secondary N) is 1. The minimum absolute atomic E-state index is 0.0303. The van der Waals surface area contributed by atoms with Gasteiger partial charge in [0.2, 0.25) is 0 Å². The summed E-state index contributed by atoms with van der Waals surface area (Å²) >= 11 is 0. The summed E-state index contributed by atoms with van der Waals surface area (Å²) in [5, 5.41) is 3.04. The van der Waals surface area contributed by atoms with E-state index in [-0.39, 0.29) is 11.9 Å². The standard InChI is InChI=1S/C18H22N2O/c1-14(12-15-6-3-2-4-7-15)20-18(21)17-9-5-8-16(13-17)10-11-19/h2-9,13-14H,10-12,19H2,1H3,(H,20,21).